The van der Waals surface area contributed by atoms with Gasteiger partial charge in [-0.2, -0.15) is 5.26 Å². The van der Waals surface area contributed by atoms with Crippen LogP contribution in [0.15, 0.2) is 24.3 Å². The van der Waals surface area contributed by atoms with Gasteiger partial charge in [0.1, 0.15) is 11.8 Å². The molecule has 0 spiro atoms. The van der Waals surface area contributed by atoms with Crippen molar-refractivity contribution in [2.24, 2.45) is 0 Å². The van der Waals surface area contributed by atoms with E-state index < -0.39 is 17.9 Å². The molecule has 0 aliphatic rings. The van der Waals surface area contributed by atoms with Gasteiger partial charge in [0, 0.05) is 0 Å². The highest BCUT2D eigenvalue weighted by Crippen LogP contribution is 2.11. The van der Waals surface area contributed by atoms with Gasteiger partial charge in [0.15, 0.2) is 6.61 Å². The second-order valence-electron chi connectivity index (χ2n) is 3.55. The maximum Gasteiger partial charge on any atom is 0.325 e. The lowest BCUT2D eigenvalue weighted by atomic mass is 10.2. The Balaban J connectivity index is 2.43. The van der Waals surface area contributed by atoms with E-state index in [0.717, 1.165) is 0 Å². The van der Waals surface area contributed by atoms with Gasteiger partial charge in [0.2, 0.25) is 0 Å². The van der Waals surface area contributed by atoms with Crippen molar-refractivity contribution in [2.45, 2.75) is 13.0 Å². The molecule has 1 aromatic rings. The molecule has 1 rings (SSSR count). The lowest BCUT2D eigenvalue weighted by Gasteiger charge is -2.10. The fourth-order valence-electron chi connectivity index (χ4n) is 1.12. The number of ether oxygens (including phenoxy) is 1. The normalized spacial score (nSPS) is 11.1. The minimum absolute atomic E-state index is 0.274. The van der Waals surface area contributed by atoms with Gasteiger partial charge >= 0.3 is 5.97 Å². The number of carboxylic acid groups (broad SMARTS) is 1. The summed E-state index contributed by atoms with van der Waals surface area (Å²) in [5.74, 6) is -1.19. The van der Waals surface area contributed by atoms with E-state index in [1.807, 2.05) is 6.07 Å². The Kier molecular flexibility index (Phi) is 4.69. The molecule has 6 heteroatoms. The highest BCUT2D eigenvalue weighted by Gasteiger charge is 2.13. The van der Waals surface area contributed by atoms with E-state index in [2.05, 4.69) is 5.32 Å². The molecule has 0 heterocycles. The Morgan fingerprint density at radius 3 is 2.56 bits per heavy atom. The highest BCUT2D eigenvalue weighted by atomic mass is 16.5. The van der Waals surface area contributed by atoms with E-state index in [1.54, 1.807) is 24.3 Å². The van der Waals surface area contributed by atoms with Crippen molar-refractivity contribution < 1.29 is 19.4 Å². The van der Waals surface area contributed by atoms with Gasteiger partial charge < -0.3 is 15.2 Å². The van der Waals surface area contributed by atoms with E-state index in [4.69, 9.17) is 15.1 Å². The van der Waals surface area contributed by atoms with Gasteiger partial charge in [0.05, 0.1) is 11.6 Å². The van der Waals surface area contributed by atoms with Gasteiger partial charge in [-0.25, -0.2) is 0 Å². The summed E-state index contributed by atoms with van der Waals surface area (Å²) in [6, 6.07) is 7.25. The molecule has 0 aromatic heterocycles. The zero-order valence-electron chi connectivity index (χ0n) is 9.71. The molecule has 0 bridgehead atoms. The zero-order chi connectivity index (χ0) is 13.5. The maximum atomic E-state index is 11.3. The van der Waals surface area contributed by atoms with Crippen LogP contribution in [0.4, 0.5) is 0 Å². The third kappa shape index (κ3) is 4.14. The molecule has 0 unspecified atom stereocenters. The first-order valence-corrected chi connectivity index (χ1v) is 5.18. The highest BCUT2D eigenvalue weighted by molar-refractivity contribution is 5.84. The molecule has 0 saturated heterocycles. The molecular formula is C12H12N2O4. The van der Waals surface area contributed by atoms with Gasteiger partial charge in [-0.15, -0.1) is 0 Å². The van der Waals surface area contributed by atoms with Crippen molar-refractivity contribution in [3.8, 4) is 11.8 Å². The minimum Gasteiger partial charge on any atom is -0.484 e. The third-order valence-corrected chi connectivity index (χ3v) is 2.10. The Hall–Kier alpha value is -2.55. The lowest BCUT2D eigenvalue weighted by Crippen LogP contribution is -2.40. The molecular weight excluding hydrogens is 236 g/mol. The van der Waals surface area contributed by atoms with Crippen LogP contribution in [0.3, 0.4) is 0 Å². The van der Waals surface area contributed by atoms with E-state index in [0.29, 0.717) is 11.3 Å². The van der Waals surface area contributed by atoms with Crippen LogP contribution in [0.2, 0.25) is 0 Å². The predicted octanol–water partition coefficient (Wildman–Crippen LogP) is 0.526. The number of carbonyl (C=O) groups excluding carboxylic acids is 1. The Bertz CT molecular complexity index is 476. The molecule has 0 aliphatic carbocycles. The molecule has 1 aromatic carbocycles. The van der Waals surface area contributed by atoms with Gasteiger partial charge in [-0.1, -0.05) is 0 Å². The fraction of sp³-hybridized carbons (Fsp3) is 0.250. The third-order valence-electron chi connectivity index (χ3n) is 2.10. The number of nitrogens with zero attached hydrogens (tertiary/aromatic N) is 1. The number of hydrogen-bond donors (Lipinski definition) is 2. The number of carboxylic acids is 1. The van der Waals surface area contributed by atoms with Crippen molar-refractivity contribution in [1.82, 2.24) is 5.32 Å². The van der Waals surface area contributed by atoms with Crippen LogP contribution in [0.1, 0.15) is 12.5 Å². The summed E-state index contributed by atoms with van der Waals surface area (Å²) in [5.41, 5.74) is 0.492. The summed E-state index contributed by atoms with van der Waals surface area (Å²) in [5, 5.41) is 19.4. The largest absolute Gasteiger partial charge is 0.484 e. The van der Waals surface area contributed by atoms with Crippen LogP contribution >= 0.6 is 0 Å². The SMILES string of the molecule is C[C@H](NC(=O)COc1ccc(C#N)cc1)C(=O)O. The average Bonchev–Trinajstić information content (AvgIpc) is 2.36. The topological polar surface area (TPSA) is 99.4 Å². The lowest BCUT2D eigenvalue weighted by molar-refractivity contribution is -0.141. The molecule has 2 N–H and O–H groups in total. The summed E-state index contributed by atoms with van der Waals surface area (Å²) in [6.45, 7) is 1.09. The van der Waals surface area contributed by atoms with Gasteiger partial charge in [-0.3, -0.25) is 9.59 Å². The Morgan fingerprint density at radius 2 is 2.06 bits per heavy atom. The van der Waals surface area contributed by atoms with Crippen molar-refractivity contribution in [2.75, 3.05) is 6.61 Å². The monoisotopic (exact) mass is 248 g/mol. The molecule has 0 aliphatic heterocycles. The molecule has 1 atom stereocenters. The first-order chi connectivity index (χ1) is 8.52. The Morgan fingerprint density at radius 1 is 1.44 bits per heavy atom. The van der Waals surface area contributed by atoms with Crippen molar-refractivity contribution >= 4 is 11.9 Å². The number of nitriles is 1. The van der Waals surface area contributed by atoms with Crippen molar-refractivity contribution in [3.05, 3.63) is 29.8 Å². The first-order valence-electron chi connectivity index (χ1n) is 5.18. The zero-order valence-corrected chi connectivity index (χ0v) is 9.71. The molecule has 18 heavy (non-hydrogen) atoms. The van der Waals surface area contributed by atoms with Crippen molar-refractivity contribution in [1.29, 1.82) is 5.26 Å². The quantitative estimate of drug-likeness (QED) is 0.791. The number of nitrogens with one attached hydrogen (secondary N) is 1. The van der Waals surface area contributed by atoms with E-state index in [9.17, 15) is 9.59 Å². The second-order valence-corrected chi connectivity index (χ2v) is 3.55. The first kappa shape index (κ1) is 13.5. The van der Waals surface area contributed by atoms with E-state index >= 15 is 0 Å². The standard InChI is InChI=1S/C12H12N2O4/c1-8(12(16)17)14-11(15)7-18-10-4-2-9(6-13)3-5-10/h2-5,8H,7H2,1H3,(H,14,15)(H,16,17)/t8-/m0/s1. The summed E-state index contributed by atoms with van der Waals surface area (Å²) in [4.78, 5) is 21.8. The summed E-state index contributed by atoms with van der Waals surface area (Å²) < 4.78 is 5.13. The number of benzene rings is 1. The van der Waals surface area contributed by atoms with Gasteiger partial charge in [-0.05, 0) is 31.2 Å². The molecule has 0 saturated carbocycles. The van der Waals surface area contributed by atoms with Crippen LogP contribution in [-0.2, 0) is 9.59 Å². The number of rotatable bonds is 5. The summed E-state index contributed by atoms with van der Waals surface area (Å²) in [7, 11) is 0. The Labute approximate surface area is 104 Å². The number of carbonyl (C=O) groups is 2. The smallest absolute Gasteiger partial charge is 0.325 e. The fourth-order valence-corrected chi connectivity index (χ4v) is 1.12. The summed E-state index contributed by atoms with van der Waals surface area (Å²) >= 11 is 0. The van der Waals surface area contributed by atoms with E-state index in [1.165, 1.54) is 6.92 Å². The van der Waals surface area contributed by atoms with Crippen LogP contribution in [0.25, 0.3) is 0 Å². The minimum atomic E-state index is -1.11. The number of aliphatic carboxylic acids is 1. The molecule has 6 nitrogen and oxygen atoms in total. The van der Waals surface area contributed by atoms with Crippen molar-refractivity contribution in [3.63, 3.8) is 0 Å². The molecule has 0 radical (unpaired) electrons. The number of amides is 1. The van der Waals surface area contributed by atoms with Crippen LogP contribution < -0.4 is 10.1 Å². The molecule has 1 amide bonds. The summed E-state index contributed by atoms with van der Waals surface area (Å²) in [6.07, 6.45) is 0. The predicted molar refractivity (Wildman–Crippen MR) is 61.9 cm³/mol. The van der Waals surface area contributed by atoms with Crippen LogP contribution in [-0.4, -0.2) is 29.6 Å². The second kappa shape index (κ2) is 6.25. The molecule has 0 fully saturated rings. The number of hydrogen-bond acceptors (Lipinski definition) is 4. The molecule has 94 valence electrons. The van der Waals surface area contributed by atoms with Crippen LogP contribution in [0, 0.1) is 11.3 Å². The van der Waals surface area contributed by atoms with Gasteiger partial charge in [0.25, 0.3) is 5.91 Å². The average molecular weight is 248 g/mol. The van der Waals surface area contributed by atoms with Crippen LogP contribution in [0.5, 0.6) is 5.75 Å². The maximum absolute atomic E-state index is 11.3. The van der Waals surface area contributed by atoms with E-state index in [-0.39, 0.29) is 6.61 Å².